The molecule has 21 heavy (non-hydrogen) atoms. The number of sulfonamides is 1. The molecule has 0 aliphatic rings. The molecule has 0 atom stereocenters. The Labute approximate surface area is 122 Å². The number of hydrogen-bond acceptors (Lipinski definition) is 7. The van der Waals surface area contributed by atoms with Gasteiger partial charge in [0, 0.05) is 13.7 Å². The minimum atomic E-state index is -4.22. The number of ether oxygens (including phenoxy) is 1. The topological polar surface area (TPSA) is 125 Å². The molecule has 0 aliphatic heterocycles. The molecule has 0 unspecified atom stereocenters. The largest absolute Gasteiger partial charge is 0.382 e. The second kappa shape index (κ2) is 7.31. The van der Waals surface area contributed by atoms with Crippen LogP contribution in [-0.2, 0) is 19.6 Å². The molecule has 1 aromatic carbocycles. The zero-order valence-electron chi connectivity index (χ0n) is 11.7. The van der Waals surface area contributed by atoms with Crippen LogP contribution in [0.3, 0.4) is 0 Å². The first-order chi connectivity index (χ1) is 9.82. The SMILES string of the molecule is CCN(OCCOC)c1cccc(S(N)(=O)=O)c1[N+](=O)[O-]. The fraction of sp³-hybridized carbons (Fsp3) is 0.455. The maximum atomic E-state index is 11.5. The van der Waals surface area contributed by atoms with Crippen LogP contribution in [0.2, 0.25) is 0 Å². The number of anilines is 1. The van der Waals surface area contributed by atoms with Crippen LogP contribution in [0, 0.1) is 10.1 Å². The molecule has 118 valence electrons. The van der Waals surface area contributed by atoms with Crippen LogP contribution in [0.4, 0.5) is 11.4 Å². The summed E-state index contributed by atoms with van der Waals surface area (Å²) in [6, 6.07) is 3.84. The monoisotopic (exact) mass is 319 g/mol. The maximum absolute atomic E-state index is 11.5. The number of primary sulfonamides is 1. The van der Waals surface area contributed by atoms with Crippen molar-refractivity contribution >= 4 is 21.4 Å². The van der Waals surface area contributed by atoms with Gasteiger partial charge < -0.3 is 4.74 Å². The van der Waals surface area contributed by atoms with Gasteiger partial charge in [-0.2, -0.15) is 0 Å². The lowest BCUT2D eigenvalue weighted by Gasteiger charge is -2.22. The van der Waals surface area contributed by atoms with E-state index in [1.165, 1.54) is 24.3 Å². The molecular weight excluding hydrogens is 302 g/mol. The van der Waals surface area contributed by atoms with Crippen LogP contribution < -0.4 is 10.2 Å². The highest BCUT2D eigenvalue weighted by atomic mass is 32.2. The third-order valence-corrected chi connectivity index (χ3v) is 3.50. The summed E-state index contributed by atoms with van der Waals surface area (Å²) in [7, 11) is -2.73. The van der Waals surface area contributed by atoms with Crippen molar-refractivity contribution in [2.45, 2.75) is 11.8 Å². The van der Waals surface area contributed by atoms with E-state index in [1.807, 2.05) is 0 Å². The number of methoxy groups -OCH3 is 1. The van der Waals surface area contributed by atoms with Gasteiger partial charge in [-0.05, 0) is 19.1 Å². The number of nitrogens with zero attached hydrogens (tertiary/aromatic N) is 2. The number of rotatable bonds is 8. The van der Waals surface area contributed by atoms with Gasteiger partial charge in [0.25, 0.3) is 0 Å². The van der Waals surface area contributed by atoms with Crippen LogP contribution in [0.1, 0.15) is 6.92 Å². The second-order valence-corrected chi connectivity index (χ2v) is 5.48. The zero-order valence-corrected chi connectivity index (χ0v) is 12.5. The number of hydrogen-bond donors (Lipinski definition) is 1. The van der Waals surface area contributed by atoms with Gasteiger partial charge in [0.1, 0.15) is 5.69 Å². The molecule has 0 saturated heterocycles. The summed E-state index contributed by atoms with van der Waals surface area (Å²) in [5.41, 5.74) is -0.593. The van der Waals surface area contributed by atoms with E-state index in [1.54, 1.807) is 6.92 Å². The van der Waals surface area contributed by atoms with Crippen molar-refractivity contribution in [3.63, 3.8) is 0 Å². The molecule has 0 amide bonds. The minimum Gasteiger partial charge on any atom is -0.382 e. The highest BCUT2D eigenvalue weighted by Crippen LogP contribution is 2.34. The number of benzene rings is 1. The van der Waals surface area contributed by atoms with Crippen molar-refractivity contribution in [3.8, 4) is 0 Å². The standard InChI is InChI=1S/C11H17N3O6S/c1-3-13(20-8-7-19-2)9-5-4-6-10(21(12,17)18)11(9)14(15)16/h4-6H,3,7-8H2,1-2H3,(H2,12,17,18). The first-order valence-corrected chi connectivity index (χ1v) is 7.57. The Hall–Kier alpha value is -1.75. The van der Waals surface area contributed by atoms with Crippen LogP contribution >= 0.6 is 0 Å². The van der Waals surface area contributed by atoms with E-state index in [2.05, 4.69) is 0 Å². The Bertz CT molecular complexity index is 604. The summed E-state index contributed by atoms with van der Waals surface area (Å²) in [6.07, 6.45) is 0. The fourth-order valence-electron chi connectivity index (χ4n) is 1.69. The highest BCUT2D eigenvalue weighted by molar-refractivity contribution is 7.89. The Morgan fingerprint density at radius 3 is 2.52 bits per heavy atom. The highest BCUT2D eigenvalue weighted by Gasteiger charge is 2.29. The fourth-order valence-corrected chi connectivity index (χ4v) is 2.40. The van der Waals surface area contributed by atoms with Gasteiger partial charge in [-0.3, -0.25) is 15.0 Å². The van der Waals surface area contributed by atoms with Gasteiger partial charge in [-0.25, -0.2) is 18.6 Å². The molecule has 0 heterocycles. The number of para-hydroxylation sites is 1. The van der Waals surface area contributed by atoms with E-state index in [-0.39, 0.29) is 18.8 Å². The average Bonchev–Trinajstić information content (AvgIpc) is 2.42. The van der Waals surface area contributed by atoms with Crippen molar-refractivity contribution in [1.82, 2.24) is 0 Å². The van der Waals surface area contributed by atoms with E-state index < -0.39 is 25.5 Å². The Balaban J connectivity index is 3.31. The molecule has 9 nitrogen and oxygen atoms in total. The molecule has 0 fully saturated rings. The molecule has 1 rings (SSSR count). The predicted molar refractivity (Wildman–Crippen MR) is 75.3 cm³/mol. The van der Waals surface area contributed by atoms with E-state index in [9.17, 15) is 18.5 Å². The molecule has 10 heteroatoms. The first kappa shape index (κ1) is 17.3. The Morgan fingerprint density at radius 1 is 1.38 bits per heavy atom. The van der Waals surface area contributed by atoms with Crippen LogP contribution in [0.15, 0.2) is 23.1 Å². The molecule has 0 aromatic heterocycles. The van der Waals surface area contributed by atoms with Crippen LogP contribution in [0.5, 0.6) is 0 Å². The van der Waals surface area contributed by atoms with Gasteiger partial charge >= 0.3 is 5.69 Å². The molecule has 2 N–H and O–H groups in total. The third kappa shape index (κ3) is 4.36. The minimum absolute atomic E-state index is 0.0186. The van der Waals surface area contributed by atoms with Gasteiger partial charge in [-0.1, -0.05) is 6.07 Å². The van der Waals surface area contributed by atoms with Gasteiger partial charge in [0.15, 0.2) is 4.90 Å². The summed E-state index contributed by atoms with van der Waals surface area (Å²) >= 11 is 0. The molecule has 0 spiro atoms. The summed E-state index contributed by atoms with van der Waals surface area (Å²) in [5, 5.41) is 17.5. The predicted octanol–water partition coefficient (Wildman–Crippen LogP) is 0.647. The Morgan fingerprint density at radius 2 is 2.05 bits per heavy atom. The van der Waals surface area contributed by atoms with E-state index >= 15 is 0 Å². The lowest BCUT2D eigenvalue weighted by molar-refractivity contribution is -0.387. The normalized spacial score (nSPS) is 11.4. The molecular formula is C11H17N3O6S. The zero-order chi connectivity index (χ0) is 16.0. The molecule has 0 bridgehead atoms. The second-order valence-electron chi connectivity index (χ2n) is 3.95. The van der Waals surface area contributed by atoms with Crippen LogP contribution in [-0.4, -0.2) is 40.2 Å². The lowest BCUT2D eigenvalue weighted by Crippen LogP contribution is -2.26. The van der Waals surface area contributed by atoms with Gasteiger partial charge in [0.05, 0.1) is 18.1 Å². The number of nitro benzene ring substituents is 1. The Kier molecular flexibility index (Phi) is 6.03. The van der Waals surface area contributed by atoms with Crippen molar-refractivity contribution in [3.05, 3.63) is 28.3 Å². The summed E-state index contributed by atoms with van der Waals surface area (Å²) < 4.78 is 27.8. The molecule has 0 aliphatic carbocycles. The van der Waals surface area contributed by atoms with Crippen molar-refractivity contribution in [1.29, 1.82) is 0 Å². The quantitative estimate of drug-likeness (QED) is 0.423. The van der Waals surface area contributed by atoms with Crippen molar-refractivity contribution < 1.29 is 22.9 Å². The van der Waals surface area contributed by atoms with Crippen LogP contribution in [0.25, 0.3) is 0 Å². The van der Waals surface area contributed by atoms with Gasteiger partial charge in [0.2, 0.25) is 10.0 Å². The summed E-state index contributed by atoms with van der Waals surface area (Å²) in [5.74, 6) is 0. The lowest BCUT2D eigenvalue weighted by atomic mass is 10.2. The van der Waals surface area contributed by atoms with Gasteiger partial charge in [-0.15, -0.1) is 0 Å². The van der Waals surface area contributed by atoms with E-state index in [0.29, 0.717) is 6.61 Å². The van der Waals surface area contributed by atoms with E-state index in [4.69, 9.17) is 14.7 Å². The smallest absolute Gasteiger partial charge is 0.314 e. The maximum Gasteiger partial charge on any atom is 0.314 e. The third-order valence-electron chi connectivity index (χ3n) is 2.56. The summed E-state index contributed by atoms with van der Waals surface area (Å²) in [4.78, 5) is 15.2. The molecule has 0 saturated carbocycles. The number of nitrogens with two attached hydrogens (primary N) is 1. The molecule has 0 radical (unpaired) electrons. The number of nitro groups is 1. The first-order valence-electron chi connectivity index (χ1n) is 6.02. The number of hydroxylamine groups is 1. The van der Waals surface area contributed by atoms with Crippen molar-refractivity contribution in [2.75, 3.05) is 31.9 Å². The summed E-state index contributed by atoms with van der Waals surface area (Å²) in [6.45, 7) is 2.44. The van der Waals surface area contributed by atoms with Crippen molar-refractivity contribution in [2.24, 2.45) is 5.14 Å². The average molecular weight is 319 g/mol. The van der Waals surface area contributed by atoms with E-state index in [0.717, 1.165) is 6.07 Å². The molecule has 1 aromatic rings.